The highest BCUT2D eigenvalue weighted by atomic mass is 19.4. The molecule has 1 heterocycles. The molecule has 1 saturated carbocycles. The highest BCUT2D eigenvalue weighted by molar-refractivity contribution is 6.23. The first kappa shape index (κ1) is 19.5. The number of aromatic nitrogens is 1. The van der Waals surface area contributed by atoms with Gasteiger partial charge in [0.25, 0.3) is 0 Å². The standard InChI is InChI=1S/C22H20F3NO3/c1-2-12-5-7-16(29-18-8-6-15(11-26-18)22(23,24)25)10-17(12)19-20(27)13-3-4-14(9-13)21(19)28/h5-8,10-11,13-14,27H,2-4,9H2,1H3/t13-,14-/m1/s1. The van der Waals surface area contributed by atoms with Crippen molar-refractivity contribution in [2.45, 2.75) is 38.8 Å². The molecule has 0 saturated heterocycles. The summed E-state index contributed by atoms with van der Waals surface area (Å²) < 4.78 is 43.7. The van der Waals surface area contributed by atoms with Crippen LogP contribution in [0.2, 0.25) is 0 Å². The summed E-state index contributed by atoms with van der Waals surface area (Å²) in [7, 11) is 0. The fourth-order valence-corrected chi connectivity index (χ4v) is 4.16. The molecule has 2 aromatic rings. The van der Waals surface area contributed by atoms with Gasteiger partial charge in [0.2, 0.25) is 5.88 Å². The van der Waals surface area contributed by atoms with Gasteiger partial charge in [-0.05, 0) is 55.0 Å². The lowest BCUT2D eigenvalue weighted by Gasteiger charge is -2.23. The third-order valence-electron chi connectivity index (χ3n) is 5.71. The van der Waals surface area contributed by atoms with Crippen molar-refractivity contribution in [2.24, 2.45) is 11.8 Å². The van der Waals surface area contributed by atoms with Crippen LogP contribution in [0, 0.1) is 11.8 Å². The summed E-state index contributed by atoms with van der Waals surface area (Å²) in [5.41, 5.74) is 1.02. The van der Waals surface area contributed by atoms with Crippen LogP contribution in [0.25, 0.3) is 5.57 Å². The Bertz CT molecular complexity index is 980. The zero-order chi connectivity index (χ0) is 20.8. The van der Waals surface area contributed by atoms with Crippen LogP contribution in [-0.2, 0) is 17.4 Å². The number of ketones is 1. The molecule has 4 rings (SSSR count). The number of halogens is 3. The van der Waals surface area contributed by atoms with Crippen molar-refractivity contribution in [2.75, 3.05) is 0 Å². The largest absolute Gasteiger partial charge is 0.511 e. The number of benzene rings is 1. The van der Waals surface area contributed by atoms with Gasteiger partial charge in [0.05, 0.1) is 11.1 Å². The molecule has 7 heteroatoms. The number of rotatable bonds is 4. The number of hydrogen-bond acceptors (Lipinski definition) is 4. The second kappa shape index (κ2) is 7.21. The third-order valence-corrected chi connectivity index (χ3v) is 5.71. The van der Waals surface area contributed by atoms with E-state index in [1.165, 1.54) is 0 Å². The van der Waals surface area contributed by atoms with E-state index in [4.69, 9.17) is 4.74 Å². The molecule has 0 spiro atoms. The number of Topliss-reactive ketones (excluding diaryl/α,β-unsaturated/α-hetero) is 1. The molecule has 4 nitrogen and oxygen atoms in total. The fourth-order valence-electron chi connectivity index (χ4n) is 4.16. The number of carbonyl (C=O) groups is 1. The first-order valence-corrected chi connectivity index (χ1v) is 9.59. The second-order valence-corrected chi connectivity index (χ2v) is 7.49. The number of aliphatic hydroxyl groups excluding tert-OH is 1. The van der Waals surface area contributed by atoms with Crippen molar-refractivity contribution >= 4 is 11.4 Å². The van der Waals surface area contributed by atoms with E-state index in [2.05, 4.69) is 4.98 Å². The molecule has 1 aromatic heterocycles. The maximum atomic E-state index is 12.9. The van der Waals surface area contributed by atoms with E-state index in [0.717, 1.165) is 30.5 Å². The summed E-state index contributed by atoms with van der Waals surface area (Å²) in [6.07, 6.45) is -0.808. The molecular formula is C22H20F3NO3. The van der Waals surface area contributed by atoms with E-state index in [9.17, 15) is 23.1 Å². The number of nitrogens with zero attached hydrogens (tertiary/aromatic N) is 1. The van der Waals surface area contributed by atoms with E-state index in [0.29, 0.717) is 35.9 Å². The molecule has 1 aromatic carbocycles. The predicted molar refractivity (Wildman–Crippen MR) is 101 cm³/mol. The van der Waals surface area contributed by atoms with Crippen LogP contribution in [0.1, 0.15) is 42.9 Å². The Kier molecular flexibility index (Phi) is 4.84. The van der Waals surface area contributed by atoms with Gasteiger partial charge in [-0.15, -0.1) is 0 Å². The van der Waals surface area contributed by atoms with Gasteiger partial charge in [-0.1, -0.05) is 13.0 Å². The lowest BCUT2D eigenvalue weighted by atomic mass is 9.81. The average molecular weight is 403 g/mol. The smallest absolute Gasteiger partial charge is 0.417 e. The van der Waals surface area contributed by atoms with E-state index in [-0.39, 0.29) is 29.3 Å². The minimum atomic E-state index is -4.47. The summed E-state index contributed by atoms with van der Waals surface area (Å²) in [5, 5.41) is 10.7. The van der Waals surface area contributed by atoms with Gasteiger partial charge in [-0.2, -0.15) is 13.2 Å². The summed E-state index contributed by atoms with van der Waals surface area (Å²) in [6, 6.07) is 7.20. The Balaban J connectivity index is 1.68. The number of ether oxygens (including phenoxy) is 1. The van der Waals surface area contributed by atoms with Gasteiger partial charge in [0, 0.05) is 24.1 Å². The van der Waals surface area contributed by atoms with Crippen LogP contribution in [0.4, 0.5) is 13.2 Å². The van der Waals surface area contributed by atoms with Crippen LogP contribution in [0.15, 0.2) is 42.3 Å². The maximum absolute atomic E-state index is 12.9. The first-order chi connectivity index (χ1) is 13.8. The molecule has 1 fully saturated rings. The normalized spacial score (nSPS) is 21.6. The molecule has 0 amide bonds. The zero-order valence-corrected chi connectivity index (χ0v) is 15.8. The lowest BCUT2D eigenvalue weighted by Crippen LogP contribution is -2.21. The highest BCUT2D eigenvalue weighted by Crippen LogP contribution is 2.46. The van der Waals surface area contributed by atoms with Crippen LogP contribution in [0.5, 0.6) is 11.6 Å². The Hall–Kier alpha value is -2.83. The van der Waals surface area contributed by atoms with Gasteiger partial charge in [-0.25, -0.2) is 4.98 Å². The summed E-state index contributed by atoms with van der Waals surface area (Å²) in [4.78, 5) is 16.6. The van der Waals surface area contributed by atoms with Gasteiger partial charge < -0.3 is 9.84 Å². The molecule has 2 atom stereocenters. The minimum Gasteiger partial charge on any atom is -0.511 e. The number of aliphatic hydroxyl groups is 1. The van der Waals surface area contributed by atoms with E-state index in [1.54, 1.807) is 18.2 Å². The topological polar surface area (TPSA) is 59.4 Å². The van der Waals surface area contributed by atoms with Crippen molar-refractivity contribution in [3.05, 3.63) is 59.0 Å². The zero-order valence-electron chi connectivity index (χ0n) is 15.8. The highest BCUT2D eigenvalue weighted by Gasteiger charge is 2.41. The molecule has 1 N–H and O–H groups in total. The second-order valence-electron chi connectivity index (χ2n) is 7.49. The van der Waals surface area contributed by atoms with Crippen molar-refractivity contribution in [3.63, 3.8) is 0 Å². The van der Waals surface area contributed by atoms with Crippen molar-refractivity contribution < 1.29 is 27.8 Å². The van der Waals surface area contributed by atoms with Crippen LogP contribution >= 0.6 is 0 Å². The van der Waals surface area contributed by atoms with E-state index >= 15 is 0 Å². The fraction of sp³-hybridized carbons (Fsp3) is 0.364. The van der Waals surface area contributed by atoms with Gasteiger partial charge in [0.1, 0.15) is 11.5 Å². The van der Waals surface area contributed by atoms with Gasteiger partial charge in [-0.3, -0.25) is 4.79 Å². The number of carbonyl (C=O) groups excluding carboxylic acids is 1. The van der Waals surface area contributed by atoms with E-state index in [1.807, 2.05) is 6.92 Å². The molecule has 2 aliphatic rings. The lowest BCUT2D eigenvalue weighted by molar-refractivity contribution is -0.137. The molecule has 0 aliphatic heterocycles. The number of fused-ring (bicyclic) bond motifs is 2. The number of aryl methyl sites for hydroxylation is 1. The monoisotopic (exact) mass is 403 g/mol. The molecule has 0 unspecified atom stereocenters. The Morgan fingerprint density at radius 2 is 1.93 bits per heavy atom. The molecule has 0 radical (unpaired) electrons. The van der Waals surface area contributed by atoms with Gasteiger partial charge >= 0.3 is 6.18 Å². The van der Waals surface area contributed by atoms with Gasteiger partial charge in [0.15, 0.2) is 5.78 Å². The molecular weight excluding hydrogens is 383 g/mol. The molecule has 152 valence electrons. The van der Waals surface area contributed by atoms with Crippen molar-refractivity contribution in [1.29, 1.82) is 0 Å². The Morgan fingerprint density at radius 1 is 1.17 bits per heavy atom. The summed E-state index contributed by atoms with van der Waals surface area (Å²) in [6.45, 7) is 1.95. The van der Waals surface area contributed by atoms with Crippen molar-refractivity contribution in [3.8, 4) is 11.6 Å². The Morgan fingerprint density at radius 3 is 2.59 bits per heavy atom. The number of pyridine rings is 1. The first-order valence-electron chi connectivity index (χ1n) is 9.59. The maximum Gasteiger partial charge on any atom is 0.417 e. The van der Waals surface area contributed by atoms with E-state index < -0.39 is 11.7 Å². The Labute approximate surface area is 166 Å². The number of allylic oxidation sites excluding steroid dienone is 2. The van der Waals surface area contributed by atoms with Crippen LogP contribution < -0.4 is 4.74 Å². The average Bonchev–Trinajstić information content (AvgIpc) is 3.14. The molecule has 29 heavy (non-hydrogen) atoms. The molecule has 2 bridgehead atoms. The van der Waals surface area contributed by atoms with Crippen LogP contribution in [0.3, 0.4) is 0 Å². The summed E-state index contributed by atoms with van der Waals surface area (Å²) in [5.74, 6) is 0.409. The quantitative estimate of drug-likeness (QED) is 0.709. The third kappa shape index (κ3) is 3.61. The predicted octanol–water partition coefficient (Wildman–Crippen LogP) is 5.72. The molecule has 2 aliphatic carbocycles. The number of alkyl halides is 3. The SMILES string of the molecule is CCc1ccc(Oc2ccc(C(F)(F)F)cn2)cc1C1=C(O)[C@@H]2CC[C@H](C2)C1=O. The number of hydrogen-bond donors (Lipinski definition) is 1. The van der Waals surface area contributed by atoms with Crippen molar-refractivity contribution in [1.82, 2.24) is 4.98 Å². The summed E-state index contributed by atoms with van der Waals surface area (Å²) >= 11 is 0. The minimum absolute atomic E-state index is 0.0126. The van der Waals surface area contributed by atoms with Crippen LogP contribution in [-0.4, -0.2) is 15.9 Å².